The molecule has 7 atom stereocenters. The lowest BCUT2D eigenvalue weighted by atomic mass is 9.46. The van der Waals surface area contributed by atoms with E-state index in [2.05, 4.69) is 44.9 Å². The van der Waals surface area contributed by atoms with E-state index in [1.807, 2.05) is 6.08 Å². The van der Waals surface area contributed by atoms with Crippen molar-refractivity contribution < 1.29 is 10.4 Å². The van der Waals surface area contributed by atoms with Crippen molar-refractivity contribution in [2.24, 2.45) is 56.6 Å². The highest BCUT2D eigenvalue weighted by Gasteiger charge is 2.60. The van der Waals surface area contributed by atoms with Gasteiger partial charge in [-0.2, -0.15) is 0 Å². The summed E-state index contributed by atoms with van der Waals surface area (Å²) in [6.07, 6.45) is 14.1. The monoisotopic (exact) mass is 428 g/mol. The van der Waals surface area contributed by atoms with Crippen LogP contribution in [-0.4, -0.2) is 21.8 Å². The first kappa shape index (κ1) is 22.9. The van der Waals surface area contributed by atoms with Crippen LogP contribution < -0.4 is 0 Å². The molecule has 4 heteroatoms. The molecule has 3 fully saturated rings. The van der Waals surface area contributed by atoms with Crippen LogP contribution >= 0.6 is 0 Å². The lowest BCUT2D eigenvalue weighted by Crippen LogP contribution is -2.53. The van der Waals surface area contributed by atoms with E-state index in [1.165, 1.54) is 44.9 Å². The zero-order valence-electron chi connectivity index (χ0n) is 20.4. The van der Waals surface area contributed by atoms with E-state index >= 15 is 0 Å². The average Bonchev–Trinajstić information content (AvgIpc) is 3.09. The molecule has 0 amide bonds. The zero-order chi connectivity index (χ0) is 22.4. The number of hydrogen-bond donors (Lipinski definition) is 2. The van der Waals surface area contributed by atoms with Crippen LogP contribution in [0.4, 0.5) is 0 Å². The van der Waals surface area contributed by atoms with Gasteiger partial charge in [0.1, 0.15) is 0 Å². The standard InChI is InChI=1S/C27H44N2O2/c1-17(2)7-6-8-18(3)21-9-10-22-20-16-25(29-31)24-15-19(28-30)11-13-27(24,5)23(20)12-14-26(21,22)4/h15,17-18,20-23,30-31H,6-14,16H2,1-5H3/b28-19-,29-25+/t18-,20+,21-,22+,23+,26-,27-/m1/s1. The van der Waals surface area contributed by atoms with Gasteiger partial charge in [-0.1, -0.05) is 64.2 Å². The summed E-state index contributed by atoms with van der Waals surface area (Å²) in [7, 11) is 0. The van der Waals surface area contributed by atoms with Gasteiger partial charge in [0, 0.05) is 0 Å². The first-order chi connectivity index (χ1) is 14.7. The van der Waals surface area contributed by atoms with Gasteiger partial charge in [-0.05, 0) is 103 Å². The number of allylic oxidation sites excluding steroid dienone is 2. The third kappa shape index (κ3) is 3.76. The smallest absolute Gasteiger partial charge is 0.0836 e. The van der Waals surface area contributed by atoms with Gasteiger partial charge < -0.3 is 10.4 Å². The van der Waals surface area contributed by atoms with Crippen LogP contribution in [-0.2, 0) is 0 Å². The summed E-state index contributed by atoms with van der Waals surface area (Å²) in [6.45, 7) is 12.2. The molecule has 4 aliphatic carbocycles. The summed E-state index contributed by atoms with van der Waals surface area (Å²) in [6, 6.07) is 0. The average molecular weight is 429 g/mol. The predicted octanol–water partition coefficient (Wildman–Crippen LogP) is 7.30. The maximum absolute atomic E-state index is 9.93. The third-order valence-electron chi connectivity index (χ3n) is 10.3. The minimum Gasteiger partial charge on any atom is -0.411 e. The van der Waals surface area contributed by atoms with Crippen molar-refractivity contribution in [3.63, 3.8) is 0 Å². The predicted molar refractivity (Wildman–Crippen MR) is 127 cm³/mol. The van der Waals surface area contributed by atoms with Gasteiger partial charge in [0.15, 0.2) is 0 Å². The van der Waals surface area contributed by atoms with Crippen molar-refractivity contribution in [3.05, 3.63) is 11.6 Å². The molecule has 0 spiro atoms. The summed E-state index contributed by atoms with van der Waals surface area (Å²) in [4.78, 5) is 0. The Balaban J connectivity index is 1.57. The number of nitrogens with zero attached hydrogens (tertiary/aromatic N) is 2. The molecule has 0 aliphatic heterocycles. The lowest BCUT2D eigenvalue weighted by Gasteiger charge is -2.58. The Bertz CT molecular complexity index is 769. The summed E-state index contributed by atoms with van der Waals surface area (Å²) in [5.41, 5.74) is 3.19. The van der Waals surface area contributed by atoms with Crippen LogP contribution in [0.2, 0.25) is 0 Å². The van der Waals surface area contributed by atoms with Crippen molar-refractivity contribution >= 4 is 11.4 Å². The minimum absolute atomic E-state index is 0.0426. The maximum atomic E-state index is 9.93. The van der Waals surface area contributed by atoms with E-state index in [4.69, 9.17) is 0 Å². The van der Waals surface area contributed by atoms with Crippen LogP contribution in [0.5, 0.6) is 0 Å². The summed E-state index contributed by atoms with van der Waals surface area (Å²) < 4.78 is 0. The fourth-order valence-electron chi connectivity index (χ4n) is 8.62. The first-order valence-electron chi connectivity index (χ1n) is 12.9. The van der Waals surface area contributed by atoms with Gasteiger partial charge in [-0.3, -0.25) is 0 Å². The quantitative estimate of drug-likeness (QED) is 0.356. The second kappa shape index (κ2) is 8.56. The second-order valence-corrected chi connectivity index (χ2v) is 12.2. The normalized spacial score (nSPS) is 43.5. The second-order valence-electron chi connectivity index (χ2n) is 12.2. The van der Waals surface area contributed by atoms with E-state index in [0.29, 0.717) is 17.3 Å². The van der Waals surface area contributed by atoms with Crippen molar-refractivity contribution in [2.45, 2.75) is 98.8 Å². The van der Waals surface area contributed by atoms with E-state index < -0.39 is 0 Å². The van der Waals surface area contributed by atoms with E-state index in [1.54, 1.807) is 0 Å². The molecule has 3 saturated carbocycles. The van der Waals surface area contributed by atoms with Crippen LogP contribution in [0.1, 0.15) is 98.8 Å². The van der Waals surface area contributed by atoms with Crippen LogP contribution in [0.3, 0.4) is 0 Å². The highest BCUT2D eigenvalue weighted by Crippen LogP contribution is 2.67. The van der Waals surface area contributed by atoms with Gasteiger partial charge in [-0.25, -0.2) is 0 Å². The molecular formula is C27H44N2O2. The topological polar surface area (TPSA) is 65.2 Å². The van der Waals surface area contributed by atoms with Crippen LogP contribution in [0, 0.1) is 46.3 Å². The van der Waals surface area contributed by atoms with E-state index in [0.717, 1.165) is 59.9 Å². The Morgan fingerprint density at radius 3 is 2.45 bits per heavy atom. The fourth-order valence-corrected chi connectivity index (χ4v) is 8.62. The molecule has 0 radical (unpaired) electrons. The molecular weight excluding hydrogens is 384 g/mol. The largest absolute Gasteiger partial charge is 0.411 e. The molecule has 4 nitrogen and oxygen atoms in total. The Kier molecular flexibility index (Phi) is 6.31. The number of oxime groups is 2. The molecule has 2 N–H and O–H groups in total. The Hall–Kier alpha value is -1.32. The SMILES string of the molecule is CC(C)CCC[C@@H](C)[C@H]1CC[C@H]2[C@@H]3C/C(=N\O)C4=C/C(=N\O)CC[C@]4(C)[C@H]3CC[C@]12C. The highest BCUT2D eigenvalue weighted by molar-refractivity contribution is 6.09. The molecule has 174 valence electrons. The Labute approximate surface area is 189 Å². The van der Waals surface area contributed by atoms with Gasteiger partial charge in [0.25, 0.3) is 0 Å². The molecule has 0 aromatic heterocycles. The number of rotatable bonds is 5. The Morgan fingerprint density at radius 1 is 1.00 bits per heavy atom. The fraction of sp³-hybridized carbons (Fsp3) is 0.852. The molecule has 0 heterocycles. The molecule has 4 aliphatic rings. The molecule has 31 heavy (non-hydrogen) atoms. The molecule has 0 aromatic rings. The zero-order valence-corrected chi connectivity index (χ0v) is 20.4. The van der Waals surface area contributed by atoms with Crippen LogP contribution in [0.15, 0.2) is 22.0 Å². The van der Waals surface area contributed by atoms with Crippen LogP contribution in [0.25, 0.3) is 0 Å². The van der Waals surface area contributed by atoms with Gasteiger partial charge in [0.05, 0.1) is 11.4 Å². The maximum Gasteiger partial charge on any atom is 0.0836 e. The van der Waals surface area contributed by atoms with Crippen molar-refractivity contribution in [1.82, 2.24) is 0 Å². The molecule has 0 unspecified atom stereocenters. The molecule has 0 saturated heterocycles. The summed E-state index contributed by atoms with van der Waals surface area (Å²) >= 11 is 0. The molecule has 0 aromatic carbocycles. The van der Waals surface area contributed by atoms with Gasteiger partial charge in [-0.15, -0.1) is 0 Å². The number of hydrogen-bond acceptors (Lipinski definition) is 4. The van der Waals surface area contributed by atoms with Crippen molar-refractivity contribution in [3.8, 4) is 0 Å². The summed E-state index contributed by atoms with van der Waals surface area (Å²) in [5, 5.41) is 26.5. The van der Waals surface area contributed by atoms with Crippen molar-refractivity contribution in [1.29, 1.82) is 0 Å². The molecule has 4 rings (SSSR count). The molecule has 0 bridgehead atoms. The van der Waals surface area contributed by atoms with Gasteiger partial charge >= 0.3 is 0 Å². The lowest BCUT2D eigenvalue weighted by molar-refractivity contribution is -0.0426. The minimum atomic E-state index is 0.0426. The summed E-state index contributed by atoms with van der Waals surface area (Å²) in [5.74, 6) is 4.47. The van der Waals surface area contributed by atoms with Gasteiger partial charge in [0.2, 0.25) is 0 Å². The third-order valence-corrected chi connectivity index (χ3v) is 10.3. The highest BCUT2D eigenvalue weighted by atomic mass is 16.4. The van der Waals surface area contributed by atoms with Crippen molar-refractivity contribution in [2.75, 3.05) is 0 Å². The first-order valence-corrected chi connectivity index (χ1v) is 12.9. The van der Waals surface area contributed by atoms with E-state index in [9.17, 15) is 10.4 Å². The number of fused-ring (bicyclic) bond motifs is 5. The Morgan fingerprint density at radius 2 is 1.77 bits per heavy atom. The van der Waals surface area contributed by atoms with E-state index in [-0.39, 0.29) is 5.41 Å².